The van der Waals surface area contributed by atoms with E-state index >= 15 is 0 Å². The summed E-state index contributed by atoms with van der Waals surface area (Å²) >= 11 is 1.54. The number of aryl methyl sites for hydroxylation is 1. The first-order valence-electron chi connectivity index (χ1n) is 12.1. The minimum Gasteiger partial charge on any atom is -0.496 e. The molecule has 2 N–H and O–H groups in total. The Morgan fingerprint density at radius 3 is 2.41 bits per heavy atom. The number of nitrogens with zero attached hydrogens (tertiary/aromatic N) is 1. The summed E-state index contributed by atoms with van der Waals surface area (Å²) in [6.45, 7) is 4.03. The van der Waals surface area contributed by atoms with E-state index in [9.17, 15) is 15.0 Å². The van der Waals surface area contributed by atoms with Crippen LogP contribution < -0.4 is 9.47 Å². The molecule has 34 heavy (non-hydrogen) atoms. The Bertz CT molecular complexity index is 928. The molecule has 1 saturated carbocycles. The zero-order valence-electron chi connectivity index (χ0n) is 20.6. The molecule has 0 amide bonds. The van der Waals surface area contributed by atoms with Crippen molar-refractivity contribution in [1.82, 2.24) is 4.98 Å². The van der Waals surface area contributed by atoms with Crippen molar-refractivity contribution in [2.45, 2.75) is 89.9 Å². The molecule has 0 aliphatic heterocycles. The predicted molar refractivity (Wildman–Crippen MR) is 132 cm³/mol. The highest BCUT2D eigenvalue weighted by Gasteiger charge is 2.30. The number of benzene rings is 1. The van der Waals surface area contributed by atoms with Gasteiger partial charge in [-0.25, -0.2) is 4.98 Å². The van der Waals surface area contributed by atoms with Crippen LogP contribution in [0.1, 0.15) is 78.3 Å². The van der Waals surface area contributed by atoms with Gasteiger partial charge in [-0.05, 0) is 50.3 Å². The van der Waals surface area contributed by atoms with Crippen molar-refractivity contribution in [3.05, 3.63) is 38.8 Å². The monoisotopic (exact) mass is 491 g/mol. The van der Waals surface area contributed by atoms with Crippen LogP contribution in [0.4, 0.5) is 0 Å². The zero-order valence-corrected chi connectivity index (χ0v) is 21.5. The molecule has 2 atom stereocenters. The Balaban J connectivity index is 1.90. The Hall–Kier alpha value is -2.16. The number of aliphatic hydroxyl groups is 1. The number of thiazole rings is 1. The van der Waals surface area contributed by atoms with Gasteiger partial charge in [0, 0.05) is 16.9 Å². The minimum absolute atomic E-state index is 0.0847. The fourth-order valence-corrected chi connectivity index (χ4v) is 5.68. The van der Waals surface area contributed by atoms with E-state index in [0.717, 1.165) is 60.4 Å². The van der Waals surface area contributed by atoms with Gasteiger partial charge in [0.15, 0.2) is 0 Å². The second-order valence-electron chi connectivity index (χ2n) is 8.93. The van der Waals surface area contributed by atoms with Gasteiger partial charge in [-0.3, -0.25) is 4.79 Å². The van der Waals surface area contributed by atoms with Crippen molar-refractivity contribution in [3.63, 3.8) is 0 Å². The normalized spacial score (nSPS) is 15.9. The molecule has 1 aliphatic carbocycles. The van der Waals surface area contributed by atoms with Crippen LogP contribution >= 0.6 is 11.3 Å². The van der Waals surface area contributed by atoms with Gasteiger partial charge in [0.1, 0.15) is 17.6 Å². The third-order valence-corrected chi connectivity index (χ3v) is 7.59. The molecule has 1 aromatic carbocycles. The van der Waals surface area contributed by atoms with Crippen molar-refractivity contribution in [3.8, 4) is 11.5 Å². The molecule has 3 rings (SSSR count). The predicted octanol–water partition coefficient (Wildman–Crippen LogP) is 5.04. The number of ether oxygens (including phenoxy) is 3. The number of carbonyl (C=O) groups is 1. The number of hydrogen-bond donors (Lipinski definition) is 2. The molecule has 0 saturated heterocycles. The average Bonchev–Trinajstić information content (AvgIpc) is 3.46. The summed E-state index contributed by atoms with van der Waals surface area (Å²) in [4.78, 5) is 17.1. The molecule has 0 bridgehead atoms. The number of rotatable bonds is 13. The van der Waals surface area contributed by atoms with Gasteiger partial charge in [0.25, 0.3) is 0 Å². The standard InChI is InChI=1S/C26H37NO6S/c1-5-6-11-23-19(14-25(28)29)27-24(34-23)15-22(33-18-9-7-8-10-18)26(30)17-12-20(31-3)16(2)21(13-17)32-4/h12-13,18,22,26,30H,5-11,14-15H2,1-4H3,(H,28,29)/t22-,26+/m0/s1. The lowest BCUT2D eigenvalue weighted by Crippen LogP contribution is -2.29. The highest BCUT2D eigenvalue weighted by atomic mass is 32.1. The average molecular weight is 492 g/mol. The van der Waals surface area contributed by atoms with E-state index in [1.165, 1.54) is 0 Å². The van der Waals surface area contributed by atoms with E-state index in [-0.39, 0.29) is 12.5 Å². The molecule has 8 heteroatoms. The number of hydrogen-bond acceptors (Lipinski definition) is 7. The number of unbranched alkanes of at least 4 members (excludes halogenated alkanes) is 1. The van der Waals surface area contributed by atoms with Gasteiger partial charge < -0.3 is 24.4 Å². The van der Waals surface area contributed by atoms with Gasteiger partial charge in [-0.15, -0.1) is 11.3 Å². The quantitative estimate of drug-likeness (QED) is 0.405. The van der Waals surface area contributed by atoms with Gasteiger partial charge in [0.05, 0.1) is 43.5 Å². The molecule has 1 aromatic heterocycles. The van der Waals surface area contributed by atoms with Crippen LogP contribution in [0.5, 0.6) is 11.5 Å². The number of aliphatic carboxylic acids is 1. The molecule has 1 heterocycles. The Kier molecular flexibility index (Phi) is 9.74. The zero-order chi connectivity index (χ0) is 24.7. The van der Waals surface area contributed by atoms with Gasteiger partial charge >= 0.3 is 5.97 Å². The number of carboxylic acid groups (broad SMARTS) is 1. The maximum Gasteiger partial charge on any atom is 0.309 e. The lowest BCUT2D eigenvalue weighted by atomic mass is 9.99. The van der Waals surface area contributed by atoms with Crippen molar-refractivity contribution in [1.29, 1.82) is 0 Å². The molecule has 2 aromatic rings. The summed E-state index contributed by atoms with van der Waals surface area (Å²) in [5.41, 5.74) is 2.16. The number of carboxylic acids is 1. The molecular formula is C26H37NO6S. The largest absolute Gasteiger partial charge is 0.496 e. The van der Waals surface area contributed by atoms with Crippen molar-refractivity contribution < 1.29 is 29.2 Å². The maximum atomic E-state index is 11.4. The van der Waals surface area contributed by atoms with Crippen LogP contribution in [0, 0.1) is 6.92 Å². The SMILES string of the molecule is CCCCc1sc(C[C@H](OC2CCCC2)[C@H](O)c2cc(OC)c(C)c(OC)c2)nc1CC(=O)O. The number of methoxy groups -OCH3 is 2. The smallest absolute Gasteiger partial charge is 0.309 e. The van der Waals surface area contributed by atoms with E-state index in [0.29, 0.717) is 29.2 Å². The fraction of sp³-hybridized carbons (Fsp3) is 0.615. The first-order chi connectivity index (χ1) is 16.4. The molecule has 1 aliphatic rings. The van der Waals surface area contributed by atoms with Crippen LogP contribution in [0.2, 0.25) is 0 Å². The van der Waals surface area contributed by atoms with Crippen molar-refractivity contribution >= 4 is 17.3 Å². The third kappa shape index (κ3) is 6.71. The summed E-state index contributed by atoms with van der Waals surface area (Å²) in [5, 5.41) is 21.6. The molecule has 1 fully saturated rings. The summed E-state index contributed by atoms with van der Waals surface area (Å²) < 4.78 is 17.4. The summed E-state index contributed by atoms with van der Waals surface area (Å²) in [7, 11) is 3.20. The van der Waals surface area contributed by atoms with Crippen molar-refractivity contribution in [2.75, 3.05) is 14.2 Å². The summed E-state index contributed by atoms with van der Waals surface area (Å²) in [6, 6.07) is 3.66. The topological polar surface area (TPSA) is 98.1 Å². The Morgan fingerprint density at radius 1 is 1.21 bits per heavy atom. The molecule has 0 radical (unpaired) electrons. The number of aromatic nitrogens is 1. The lowest BCUT2D eigenvalue weighted by Gasteiger charge is -2.27. The second kappa shape index (κ2) is 12.5. The highest BCUT2D eigenvalue weighted by Crippen LogP contribution is 2.36. The van der Waals surface area contributed by atoms with Gasteiger partial charge in [0.2, 0.25) is 0 Å². The van der Waals surface area contributed by atoms with E-state index < -0.39 is 18.2 Å². The van der Waals surface area contributed by atoms with Crippen LogP contribution in [-0.2, 0) is 28.8 Å². The Morgan fingerprint density at radius 2 is 1.85 bits per heavy atom. The van der Waals surface area contributed by atoms with Crippen LogP contribution in [0.3, 0.4) is 0 Å². The first kappa shape index (κ1) is 26.4. The summed E-state index contributed by atoms with van der Waals surface area (Å²) in [5.74, 6) is 0.410. The van der Waals surface area contributed by atoms with Crippen LogP contribution in [0.15, 0.2) is 12.1 Å². The van der Waals surface area contributed by atoms with E-state index in [1.54, 1.807) is 25.6 Å². The van der Waals surface area contributed by atoms with Crippen molar-refractivity contribution in [2.24, 2.45) is 0 Å². The minimum atomic E-state index is -0.907. The lowest BCUT2D eigenvalue weighted by molar-refractivity contribution is -0.136. The molecule has 188 valence electrons. The second-order valence-corrected chi connectivity index (χ2v) is 10.1. The molecular weight excluding hydrogens is 454 g/mol. The highest BCUT2D eigenvalue weighted by molar-refractivity contribution is 7.11. The van der Waals surface area contributed by atoms with Crippen LogP contribution in [-0.4, -0.2) is 47.6 Å². The van der Waals surface area contributed by atoms with E-state index in [4.69, 9.17) is 14.2 Å². The molecule has 0 spiro atoms. The van der Waals surface area contributed by atoms with E-state index in [2.05, 4.69) is 11.9 Å². The molecule has 0 unspecified atom stereocenters. The fourth-order valence-electron chi connectivity index (χ4n) is 4.51. The van der Waals surface area contributed by atoms with E-state index in [1.807, 2.05) is 19.1 Å². The Labute approximate surface area is 206 Å². The third-order valence-electron chi connectivity index (χ3n) is 6.41. The summed E-state index contributed by atoms with van der Waals surface area (Å²) in [6.07, 6.45) is 6.07. The maximum absolute atomic E-state index is 11.4. The number of aliphatic hydroxyl groups excluding tert-OH is 1. The van der Waals surface area contributed by atoms with Gasteiger partial charge in [-0.2, -0.15) is 0 Å². The first-order valence-corrected chi connectivity index (χ1v) is 12.9. The van der Waals surface area contributed by atoms with Gasteiger partial charge in [-0.1, -0.05) is 26.2 Å². The molecule has 7 nitrogen and oxygen atoms in total. The van der Waals surface area contributed by atoms with Crippen LogP contribution in [0.25, 0.3) is 0 Å².